The lowest BCUT2D eigenvalue weighted by molar-refractivity contribution is 0.0967. The second-order valence-electron chi connectivity index (χ2n) is 5.87. The fourth-order valence-electron chi connectivity index (χ4n) is 2.75. The minimum atomic E-state index is -0.0796. The van der Waals surface area contributed by atoms with Crippen LogP contribution in [0, 0.1) is 0 Å². The summed E-state index contributed by atoms with van der Waals surface area (Å²) < 4.78 is 22.7. The van der Waals surface area contributed by atoms with Gasteiger partial charge < -0.3 is 18.9 Å². The Morgan fingerprint density at radius 3 is 2.11 bits per heavy atom. The molecule has 0 saturated carbocycles. The van der Waals surface area contributed by atoms with Gasteiger partial charge in [0.05, 0.1) is 34.6 Å². The van der Waals surface area contributed by atoms with E-state index in [4.69, 9.17) is 18.9 Å². The van der Waals surface area contributed by atoms with Crippen molar-refractivity contribution in [1.29, 1.82) is 0 Å². The van der Waals surface area contributed by atoms with Gasteiger partial charge in [0.2, 0.25) is 5.75 Å². The Bertz CT molecular complexity index is 941. The van der Waals surface area contributed by atoms with E-state index in [0.717, 1.165) is 5.56 Å². The van der Waals surface area contributed by atoms with Crippen molar-refractivity contribution in [2.45, 2.75) is 6.54 Å². The number of ether oxygens (including phenoxy) is 4. The van der Waals surface area contributed by atoms with Crippen LogP contribution in [0.1, 0.15) is 10.4 Å². The van der Waals surface area contributed by atoms with Gasteiger partial charge in [-0.25, -0.2) is 4.68 Å². The number of hydrogen-bond donors (Lipinski definition) is 0. The van der Waals surface area contributed by atoms with Crippen LogP contribution < -0.4 is 18.9 Å². The first-order valence-electron chi connectivity index (χ1n) is 8.47. The molecule has 0 N–H and O–H groups in total. The first kappa shape index (κ1) is 19.2. The van der Waals surface area contributed by atoms with Crippen LogP contribution in [-0.2, 0) is 6.54 Å². The van der Waals surface area contributed by atoms with E-state index in [9.17, 15) is 4.79 Å². The molecule has 1 aromatic heterocycles. The van der Waals surface area contributed by atoms with Crippen LogP contribution in [0.5, 0.6) is 23.0 Å². The molecule has 0 atom stereocenters. The summed E-state index contributed by atoms with van der Waals surface area (Å²) in [5.41, 5.74) is 1.89. The zero-order valence-corrected chi connectivity index (χ0v) is 16.1. The van der Waals surface area contributed by atoms with E-state index in [1.165, 1.54) is 4.68 Å². The number of methoxy groups -OCH3 is 4. The lowest BCUT2D eigenvalue weighted by Crippen LogP contribution is -2.10. The lowest BCUT2D eigenvalue weighted by Gasteiger charge is -2.13. The van der Waals surface area contributed by atoms with Crippen LogP contribution in [0.25, 0.3) is 11.3 Å². The normalized spacial score (nSPS) is 10.4. The van der Waals surface area contributed by atoms with Crippen molar-refractivity contribution in [2.24, 2.45) is 0 Å². The summed E-state index contributed by atoms with van der Waals surface area (Å²) in [6.45, 7) is 0.0732. The van der Waals surface area contributed by atoms with Crippen LogP contribution in [0.15, 0.2) is 42.6 Å². The molecule has 28 heavy (non-hydrogen) atoms. The van der Waals surface area contributed by atoms with Crippen LogP contribution in [0.4, 0.5) is 0 Å². The summed E-state index contributed by atoms with van der Waals surface area (Å²) in [6, 6.07) is 10.5. The number of Topliss-reactive ketones (excluding diaryl/α,β-unsaturated/α-hetero) is 1. The van der Waals surface area contributed by atoms with Crippen molar-refractivity contribution in [3.8, 4) is 34.3 Å². The molecule has 0 fully saturated rings. The number of nitrogens with zero attached hydrogens (tertiary/aromatic N) is 3. The molecule has 0 spiro atoms. The van der Waals surface area contributed by atoms with Gasteiger partial charge in [-0.1, -0.05) is 5.21 Å². The first-order valence-corrected chi connectivity index (χ1v) is 8.47. The van der Waals surface area contributed by atoms with Crippen LogP contribution >= 0.6 is 0 Å². The Hall–Kier alpha value is -3.55. The third-order valence-electron chi connectivity index (χ3n) is 4.22. The van der Waals surface area contributed by atoms with Gasteiger partial charge in [0.25, 0.3) is 0 Å². The van der Waals surface area contributed by atoms with Gasteiger partial charge >= 0.3 is 0 Å². The number of ketones is 1. The Kier molecular flexibility index (Phi) is 5.78. The van der Waals surface area contributed by atoms with E-state index in [2.05, 4.69) is 10.3 Å². The second kappa shape index (κ2) is 8.43. The molecule has 0 aliphatic rings. The molecular formula is C20H21N3O5. The molecule has 0 unspecified atom stereocenters. The van der Waals surface area contributed by atoms with Gasteiger partial charge in [-0.05, 0) is 36.4 Å². The van der Waals surface area contributed by atoms with Crippen molar-refractivity contribution in [1.82, 2.24) is 15.0 Å². The molecule has 1 heterocycles. The largest absolute Gasteiger partial charge is 0.497 e. The molecule has 8 nitrogen and oxygen atoms in total. The summed E-state index contributed by atoms with van der Waals surface area (Å²) >= 11 is 0. The maximum atomic E-state index is 12.5. The van der Waals surface area contributed by atoms with Crippen molar-refractivity contribution in [3.05, 3.63) is 48.2 Å². The topological polar surface area (TPSA) is 84.7 Å². The monoisotopic (exact) mass is 383 g/mol. The highest BCUT2D eigenvalue weighted by atomic mass is 16.5. The minimum absolute atomic E-state index is 0.0732. The fraction of sp³-hybridized carbons (Fsp3) is 0.250. The lowest BCUT2D eigenvalue weighted by atomic mass is 10.1. The highest BCUT2D eigenvalue weighted by Gasteiger charge is 2.16. The summed E-state index contributed by atoms with van der Waals surface area (Å²) in [5, 5.41) is 8.21. The molecular weight excluding hydrogens is 362 g/mol. The van der Waals surface area contributed by atoms with Crippen LogP contribution in [0.2, 0.25) is 0 Å². The molecule has 0 bridgehead atoms. The molecule has 0 radical (unpaired) electrons. The highest BCUT2D eigenvalue weighted by molar-refractivity contribution is 5.96. The van der Waals surface area contributed by atoms with Crippen molar-refractivity contribution >= 4 is 5.78 Å². The van der Waals surface area contributed by atoms with Gasteiger partial charge in [0.1, 0.15) is 18.0 Å². The summed E-state index contributed by atoms with van der Waals surface area (Å²) in [6.07, 6.45) is 1.70. The first-order chi connectivity index (χ1) is 13.6. The average Bonchev–Trinajstić information content (AvgIpc) is 3.21. The number of rotatable bonds is 8. The molecule has 0 aliphatic carbocycles. The third-order valence-corrected chi connectivity index (χ3v) is 4.22. The Morgan fingerprint density at radius 1 is 0.929 bits per heavy atom. The quantitative estimate of drug-likeness (QED) is 0.553. The number of carbonyl (C=O) groups excluding carboxylic acids is 1. The molecule has 8 heteroatoms. The van der Waals surface area contributed by atoms with E-state index >= 15 is 0 Å². The SMILES string of the molecule is COc1ccc(C(=O)Cn2cc(-c3cc(OC)c(OC)c(OC)c3)nn2)cc1. The molecule has 0 amide bonds. The van der Waals surface area contributed by atoms with Gasteiger partial charge in [0, 0.05) is 11.1 Å². The summed E-state index contributed by atoms with van der Waals surface area (Å²) in [4.78, 5) is 12.5. The number of carbonyl (C=O) groups is 1. The fourth-order valence-corrected chi connectivity index (χ4v) is 2.75. The van der Waals surface area contributed by atoms with E-state index in [1.807, 2.05) is 0 Å². The molecule has 0 aliphatic heterocycles. The van der Waals surface area contributed by atoms with Crippen molar-refractivity contribution < 1.29 is 23.7 Å². The van der Waals surface area contributed by atoms with Gasteiger partial charge in [-0.15, -0.1) is 5.10 Å². The average molecular weight is 383 g/mol. The van der Waals surface area contributed by atoms with Gasteiger partial charge in [0.15, 0.2) is 17.3 Å². The van der Waals surface area contributed by atoms with E-state index in [0.29, 0.717) is 34.3 Å². The van der Waals surface area contributed by atoms with Crippen LogP contribution in [0.3, 0.4) is 0 Å². The van der Waals surface area contributed by atoms with E-state index in [-0.39, 0.29) is 12.3 Å². The number of benzene rings is 2. The van der Waals surface area contributed by atoms with E-state index in [1.54, 1.807) is 71.0 Å². The zero-order valence-electron chi connectivity index (χ0n) is 16.1. The highest BCUT2D eigenvalue weighted by Crippen LogP contribution is 2.40. The van der Waals surface area contributed by atoms with Gasteiger partial charge in [-0.2, -0.15) is 0 Å². The summed E-state index contributed by atoms with van der Waals surface area (Å²) in [5.74, 6) is 2.14. The molecule has 3 aromatic rings. The Balaban J connectivity index is 1.82. The van der Waals surface area contributed by atoms with Gasteiger partial charge in [-0.3, -0.25) is 4.79 Å². The van der Waals surface area contributed by atoms with Crippen molar-refractivity contribution in [3.63, 3.8) is 0 Å². The molecule has 2 aromatic carbocycles. The van der Waals surface area contributed by atoms with Crippen molar-refractivity contribution in [2.75, 3.05) is 28.4 Å². The third kappa shape index (κ3) is 3.90. The molecule has 146 valence electrons. The minimum Gasteiger partial charge on any atom is -0.497 e. The maximum absolute atomic E-state index is 12.5. The van der Waals surface area contributed by atoms with E-state index < -0.39 is 0 Å². The maximum Gasteiger partial charge on any atom is 0.203 e. The summed E-state index contributed by atoms with van der Waals surface area (Å²) in [7, 11) is 6.22. The predicted molar refractivity (Wildman–Crippen MR) is 102 cm³/mol. The smallest absolute Gasteiger partial charge is 0.203 e. The second-order valence-corrected chi connectivity index (χ2v) is 5.87. The molecule has 0 saturated heterocycles. The number of aromatic nitrogens is 3. The standard InChI is InChI=1S/C20H21N3O5/c1-25-15-7-5-13(6-8-15)17(24)12-23-11-16(21-22-23)14-9-18(26-2)20(28-4)19(10-14)27-3/h5-11H,12H2,1-4H3. The Labute approximate surface area is 162 Å². The number of hydrogen-bond acceptors (Lipinski definition) is 7. The predicted octanol–water partition coefficient (Wildman–Crippen LogP) is 2.86. The molecule has 3 rings (SSSR count). The zero-order chi connectivity index (χ0) is 20.1. The Morgan fingerprint density at radius 2 is 1.57 bits per heavy atom. The van der Waals surface area contributed by atoms with Crippen LogP contribution in [-0.4, -0.2) is 49.2 Å².